The first kappa shape index (κ1) is 12.0. The van der Waals surface area contributed by atoms with E-state index in [1.54, 1.807) is 12.1 Å². The maximum atomic E-state index is 9.78. The highest BCUT2D eigenvalue weighted by atomic mass is 16.5. The molecule has 0 aliphatic heterocycles. The van der Waals surface area contributed by atoms with E-state index in [9.17, 15) is 5.11 Å². The van der Waals surface area contributed by atoms with Gasteiger partial charge in [-0.2, -0.15) is 0 Å². The highest BCUT2D eigenvalue weighted by molar-refractivity contribution is 5.28. The molecule has 2 N–H and O–H groups in total. The predicted molar refractivity (Wildman–Crippen MR) is 58.8 cm³/mol. The molecular weight excluding hydrogens is 192 g/mol. The molecule has 0 bridgehead atoms. The Morgan fingerprint density at radius 1 is 1.20 bits per heavy atom. The van der Waals surface area contributed by atoms with Crippen molar-refractivity contribution in [2.45, 2.75) is 20.0 Å². The third kappa shape index (κ3) is 3.53. The van der Waals surface area contributed by atoms with Gasteiger partial charge in [0.1, 0.15) is 12.4 Å². The normalized spacial score (nSPS) is 12.9. The van der Waals surface area contributed by atoms with Crippen LogP contribution in [0.1, 0.15) is 25.5 Å². The number of rotatable bonds is 5. The van der Waals surface area contributed by atoms with Gasteiger partial charge in [0.05, 0.1) is 12.7 Å². The average molecular weight is 210 g/mol. The van der Waals surface area contributed by atoms with Crippen molar-refractivity contribution >= 4 is 0 Å². The van der Waals surface area contributed by atoms with Crippen molar-refractivity contribution in [1.82, 2.24) is 0 Å². The SMILES string of the molecule is CC(C)C(O)c1ccc(OCCO)cc1. The second kappa shape index (κ2) is 5.73. The zero-order valence-corrected chi connectivity index (χ0v) is 9.18. The Bertz CT molecular complexity index is 279. The van der Waals surface area contributed by atoms with Gasteiger partial charge in [-0.3, -0.25) is 0 Å². The van der Waals surface area contributed by atoms with Crippen LogP contribution in [-0.2, 0) is 0 Å². The summed E-state index contributed by atoms with van der Waals surface area (Å²) in [6.45, 7) is 4.25. The Kier molecular flexibility index (Phi) is 4.59. The molecule has 0 radical (unpaired) electrons. The molecule has 1 atom stereocenters. The van der Waals surface area contributed by atoms with E-state index in [0.29, 0.717) is 12.4 Å². The molecule has 0 saturated carbocycles. The zero-order chi connectivity index (χ0) is 11.3. The van der Waals surface area contributed by atoms with Crippen molar-refractivity contribution in [2.75, 3.05) is 13.2 Å². The first-order chi connectivity index (χ1) is 7.15. The van der Waals surface area contributed by atoms with Gasteiger partial charge in [-0.25, -0.2) is 0 Å². The maximum Gasteiger partial charge on any atom is 0.119 e. The number of ether oxygens (including phenoxy) is 1. The fourth-order valence-corrected chi connectivity index (χ4v) is 1.31. The minimum absolute atomic E-state index is 0.0103. The largest absolute Gasteiger partial charge is 0.491 e. The van der Waals surface area contributed by atoms with Gasteiger partial charge in [-0.05, 0) is 23.6 Å². The van der Waals surface area contributed by atoms with E-state index in [0.717, 1.165) is 5.56 Å². The number of aliphatic hydroxyl groups is 2. The molecule has 0 aliphatic rings. The van der Waals surface area contributed by atoms with Crippen LogP contribution in [0.3, 0.4) is 0 Å². The molecule has 3 heteroatoms. The molecular formula is C12H18O3. The van der Waals surface area contributed by atoms with Gasteiger partial charge in [0, 0.05) is 0 Å². The second-order valence-corrected chi connectivity index (χ2v) is 3.83. The van der Waals surface area contributed by atoms with E-state index in [2.05, 4.69) is 0 Å². The van der Waals surface area contributed by atoms with Crippen LogP contribution in [-0.4, -0.2) is 23.4 Å². The molecule has 0 aliphatic carbocycles. The van der Waals surface area contributed by atoms with Crippen LogP contribution < -0.4 is 4.74 Å². The molecule has 0 spiro atoms. The molecule has 3 nitrogen and oxygen atoms in total. The lowest BCUT2D eigenvalue weighted by molar-refractivity contribution is 0.127. The Morgan fingerprint density at radius 3 is 2.27 bits per heavy atom. The number of aliphatic hydroxyl groups excluding tert-OH is 2. The third-order valence-electron chi connectivity index (χ3n) is 2.21. The summed E-state index contributed by atoms with van der Waals surface area (Å²) in [5.41, 5.74) is 0.890. The van der Waals surface area contributed by atoms with Gasteiger partial charge in [0.2, 0.25) is 0 Å². The Labute approximate surface area is 90.3 Å². The summed E-state index contributed by atoms with van der Waals surface area (Å²) in [7, 11) is 0. The van der Waals surface area contributed by atoms with E-state index in [4.69, 9.17) is 9.84 Å². The summed E-state index contributed by atoms with van der Waals surface area (Å²) in [5, 5.41) is 18.4. The van der Waals surface area contributed by atoms with E-state index in [1.807, 2.05) is 26.0 Å². The van der Waals surface area contributed by atoms with Crippen LogP contribution >= 0.6 is 0 Å². The van der Waals surface area contributed by atoms with Crippen molar-refractivity contribution in [3.63, 3.8) is 0 Å². The summed E-state index contributed by atoms with van der Waals surface area (Å²) in [5.74, 6) is 0.915. The quantitative estimate of drug-likeness (QED) is 0.778. The molecule has 1 aromatic rings. The Hall–Kier alpha value is -1.06. The smallest absolute Gasteiger partial charge is 0.119 e. The molecule has 84 valence electrons. The molecule has 1 rings (SSSR count). The molecule has 0 amide bonds. The maximum absolute atomic E-state index is 9.78. The van der Waals surface area contributed by atoms with Gasteiger partial charge in [-0.1, -0.05) is 26.0 Å². The van der Waals surface area contributed by atoms with Crippen molar-refractivity contribution in [2.24, 2.45) is 5.92 Å². The van der Waals surface area contributed by atoms with Crippen molar-refractivity contribution in [3.05, 3.63) is 29.8 Å². The van der Waals surface area contributed by atoms with Gasteiger partial charge in [0.25, 0.3) is 0 Å². The lowest BCUT2D eigenvalue weighted by Gasteiger charge is -2.15. The zero-order valence-electron chi connectivity index (χ0n) is 9.18. The second-order valence-electron chi connectivity index (χ2n) is 3.83. The highest BCUT2D eigenvalue weighted by Crippen LogP contribution is 2.23. The summed E-state index contributed by atoms with van der Waals surface area (Å²) in [6, 6.07) is 7.29. The average Bonchev–Trinajstić information content (AvgIpc) is 2.26. The van der Waals surface area contributed by atoms with Gasteiger partial charge in [0.15, 0.2) is 0 Å². The number of hydrogen-bond acceptors (Lipinski definition) is 3. The fourth-order valence-electron chi connectivity index (χ4n) is 1.31. The molecule has 1 aromatic carbocycles. The lowest BCUT2D eigenvalue weighted by Crippen LogP contribution is -2.05. The number of hydrogen-bond donors (Lipinski definition) is 2. The van der Waals surface area contributed by atoms with Crippen LogP contribution in [0.4, 0.5) is 0 Å². The van der Waals surface area contributed by atoms with Crippen LogP contribution in [0.15, 0.2) is 24.3 Å². The van der Waals surface area contributed by atoms with E-state index < -0.39 is 6.10 Å². The minimum Gasteiger partial charge on any atom is -0.491 e. The first-order valence-electron chi connectivity index (χ1n) is 5.17. The molecule has 0 fully saturated rings. The molecule has 1 unspecified atom stereocenters. The Balaban J connectivity index is 2.63. The first-order valence-corrected chi connectivity index (χ1v) is 5.17. The van der Waals surface area contributed by atoms with Gasteiger partial charge in [-0.15, -0.1) is 0 Å². The van der Waals surface area contributed by atoms with Crippen LogP contribution in [0.2, 0.25) is 0 Å². The van der Waals surface area contributed by atoms with E-state index in [1.165, 1.54) is 0 Å². The summed E-state index contributed by atoms with van der Waals surface area (Å²) in [6.07, 6.45) is -0.433. The fraction of sp³-hybridized carbons (Fsp3) is 0.500. The van der Waals surface area contributed by atoms with Crippen LogP contribution in [0, 0.1) is 5.92 Å². The summed E-state index contributed by atoms with van der Waals surface area (Å²) in [4.78, 5) is 0. The highest BCUT2D eigenvalue weighted by Gasteiger charge is 2.11. The summed E-state index contributed by atoms with van der Waals surface area (Å²) >= 11 is 0. The molecule has 0 saturated heterocycles. The van der Waals surface area contributed by atoms with Crippen LogP contribution in [0.5, 0.6) is 5.75 Å². The van der Waals surface area contributed by atoms with Crippen molar-refractivity contribution in [3.8, 4) is 5.75 Å². The Morgan fingerprint density at radius 2 is 1.80 bits per heavy atom. The van der Waals surface area contributed by atoms with Gasteiger partial charge >= 0.3 is 0 Å². The molecule has 0 aromatic heterocycles. The predicted octanol–water partition coefficient (Wildman–Crippen LogP) is 1.75. The summed E-state index contributed by atoms with van der Waals surface area (Å²) < 4.78 is 5.22. The van der Waals surface area contributed by atoms with Gasteiger partial charge < -0.3 is 14.9 Å². The van der Waals surface area contributed by atoms with E-state index in [-0.39, 0.29) is 12.5 Å². The lowest BCUT2D eigenvalue weighted by atomic mass is 9.99. The topological polar surface area (TPSA) is 49.7 Å². The van der Waals surface area contributed by atoms with E-state index >= 15 is 0 Å². The van der Waals surface area contributed by atoms with Crippen molar-refractivity contribution < 1.29 is 14.9 Å². The standard InChI is InChI=1S/C12H18O3/c1-9(2)12(14)10-3-5-11(6-4-10)15-8-7-13/h3-6,9,12-14H,7-8H2,1-2H3. The minimum atomic E-state index is -0.433. The third-order valence-corrected chi connectivity index (χ3v) is 2.21. The monoisotopic (exact) mass is 210 g/mol. The van der Waals surface area contributed by atoms with Crippen LogP contribution in [0.25, 0.3) is 0 Å². The molecule has 0 heterocycles. The van der Waals surface area contributed by atoms with Crippen molar-refractivity contribution in [1.29, 1.82) is 0 Å². The molecule has 15 heavy (non-hydrogen) atoms. The number of benzene rings is 1.